The summed E-state index contributed by atoms with van der Waals surface area (Å²) in [5.74, 6) is -0.518. The molecule has 22 heavy (non-hydrogen) atoms. The molecule has 1 aromatic heterocycles. The smallest absolute Gasteiger partial charge is 0.224 e. The van der Waals surface area contributed by atoms with Crippen molar-refractivity contribution in [2.24, 2.45) is 0 Å². The fraction of sp³-hybridized carbons (Fsp3) is 0.176. The number of thiazole rings is 1. The second kappa shape index (κ2) is 6.66. The molecule has 3 nitrogen and oxygen atoms in total. The first kappa shape index (κ1) is 14.7. The number of nitrogens with zero attached hydrogens (tertiary/aromatic N) is 1. The minimum atomic E-state index is -0.344. The Labute approximate surface area is 131 Å². The van der Waals surface area contributed by atoms with E-state index in [-0.39, 0.29) is 18.1 Å². The summed E-state index contributed by atoms with van der Waals surface area (Å²) in [6.07, 6.45) is 0.745. The molecule has 1 heterocycles. The van der Waals surface area contributed by atoms with Crippen LogP contribution in [0, 0.1) is 5.82 Å². The number of benzene rings is 2. The Morgan fingerprint density at radius 1 is 1.14 bits per heavy atom. The molecular formula is C17H15FN2OS. The van der Waals surface area contributed by atoms with Gasteiger partial charge in [-0.15, -0.1) is 11.3 Å². The second-order valence-electron chi connectivity index (χ2n) is 4.94. The van der Waals surface area contributed by atoms with Gasteiger partial charge in [-0.2, -0.15) is 0 Å². The zero-order valence-electron chi connectivity index (χ0n) is 11.9. The van der Waals surface area contributed by atoms with Crippen molar-refractivity contribution in [2.75, 3.05) is 6.54 Å². The first-order valence-corrected chi connectivity index (χ1v) is 7.88. The number of amides is 1. The maximum atomic E-state index is 13.5. The van der Waals surface area contributed by atoms with E-state index < -0.39 is 0 Å². The zero-order valence-corrected chi connectivity index (χ0v) is 12.7. The summed E-state index contributed by atoms with van der Waals surface area (Å²) in [6.45, 7) is 0.507. The van der Waals surface area contributed by atoms with Crippen LogP contribution < -0.4 is 5.32 Å². The van der Waals surface area contributed by atoms with Crippen LogP contribution in [0.25, 0.3) is 10.2 Å². The largest absolute Gasteiger partial charge is 0.355 e. The van der Waals surface area contributed by atoms with E-state index in [4.69, 9.17) is 0 Å². The summed E-state index contributed by atoms with van der Waals surface area (Å²) in [6, 6.07) is 14.3. The molecular weight excluding hydrogens is 299 g/mol. The highest BCUT2D eigenvalue weighted by atomic mass is 32.1. The number of fused-ring (bicyclic) bond motifs is 1. The lowest BCUT2D eigenvalue weighted by Crippen LogP contribution is -2.27. The average molecular weight is 314 g/mol. The van der Waals surface area contributed by atoms with Gasteiger partial charge in [0.15, 0.2) is 0 Å². The lowest BCUT2D eigenvalue weighted by molar-refractivity contribution is -0.120. The molecule has 0 aliphatic rings. The van der Waals surface area contributed by atoms with Crippen LogP contribution >= 0.6 is 11.3 Å². The first-order chi connectivity index (χ1) is 10.7. The molecule has 0 saturated carbocycles. The van der Waals surface area contributed by atoms with Gasteiger partial charge in [-0.3, -0.25) is 4.79 Å². The molecule has 0 fully saturated rings. The van der Waals surface area contributed by atoms with Crippen molar-refractivity contribution < 1.29 is 9.18 Å². The Morgan fingerprint density at radius 2 is 1.91 bits per heavy atom. The van der Waals surface area contributed by atoms with Gasteiger partial charge in [-0.25, -0.2) is 9.37 Å². The van der Waals surface area contributed by atoms with Crippen LogP contribution in [-0.4, -0.2) is 17.4 Å². The molecule has 0 aliphatic carbocycles. The van der Waals surface area contributed by atoms with Gasteiger partial charge >= 0.3 is 0 Å². The molecule has 3 rings (SSSR count). The summed E-state index contributed by atoms with van der Waals surface area (Å²) in [4.78, 5) is 16.3. The van der Waals surface area contributed by atoms with Crippen molar-refractivity contribution in [2.45, 2.75) is 12.8 Å². The van der Waals surface area contributed by atoms with Gasteiger partial charge < -0.3 is 5.32 Å². The average Bonchev–Trinajstić information content (AvgIpc) is 2.92. The summed E-state index contributed by atoms with van der Waals surface area (Å²) in [7, 11) is 0. The number of halogens is 1. The maximum absolute atomic E-state index is 13.5. The van der Waals surface area contributed by atoms with E-state index >= 15 is 0 Å². The Morgan fingerprint density at radius 3 is 2.73 bits per heavy atom. The molecule has 0 radical (unpaired) electrons. The highest BCUT2D eigenvalue weighted by Crippen LogP contribution is 2.21. The summed E-state index contributed by atoms with van der Waals surface area (Å²) >= 11 is 1.63. The normalized spacial score (nSPS) is 10.8. The minimum Gasteiger partial charge on any atom is -0.355 e. The van der Waals surface area contributed by atoms with Gasteiger partial charge in [0.1, 0.15) is 5.82 Å². The molecule has 0 aliphatic heterocycles. The highest BCUT2D eigenvalue weighted by molar-refractivity contribution is 7.18. The topological polar surface area (TPSA) is 42.0 Å². The molecule has 112 valence electrons. The van der Waals surface area contributed by atoms with Crippen molar-refractivity contribution in [1.29, 1.82) is 0 Å². The Hall–Kier alpha value is -2.27. The van der Waals surface area contributed by atoms with Crippen LogP contribution in [0.4, 0.5) is 4.39 Å². The molecule has 0 atom stereocenters. The number of aromatic nitrogens is 1. The standard InChI is InChI=1S/C17H15FN2OS/c18-13-6-2-1-5-12(13)11-16(21)19-10-9-17-20-14-7-3-4-8-15(14)22-17/h1-8H,9-11H2,(H,19,21). The van der Waals surface area contributed by atoms with Gasteiger partial charge in [0, 0.05) is 13.0 Å². The third-order valence-corrected chi connectivity index (χ3v) is 4.40. The van der Waals surface area contributed by atoms with E-state index in [1.165, 1.54) is 6.07 Å². The zero-order chi connectivity index (χ0) is 15.4. The molecule has 2 aromatic carbocycles. The molecule has 5 heteroatoms. The van der Waals surface area contributed by atoms with Crippen LogP contribution in [0.3, 0.4) is 0 Å². The fourth-order valence-electron chi connectivity index (χ4n) is 2.21. The quantitative estimate of drug-likeness (QED) is 0.785. The van der Waals surface area contributed by atoms with Crippen molar-refractivity contribution in [1.82, 2.24) is 10.3 Å². The highest BCUT2D eigenvalue weighted by Gasteiger charge is 2.08. The summed E-state index contributed by atoms with van der Waals surface area (Å²) < 4.78 is 14.6. The lowest BCUT2D eigenvalue weighted by atomic mass is 10.1. The van der Waals surface area contributed by atoms with Crippen LogP contribution in [-0.2, 0) is 17.6 Å². The van der Waals surface area contributed by atoms with E-state index in [9.17, 15) is 9.18 Å². The van der Waals surface area contributed by atoms with E-state index in [1.807, 2.05) is 24.3 Å². The van der Waals surface area contributed by atoms with E-state index in [0.29, 0.717) is 18.5 Å². The van der Waals surface area contributed by atoms with Crippen molar-refractivity contribution in [3.05, 3.63) is 64.9 Å². The molecule has 1 amide bonds. The number of hydrogen-bond donors (Lipinski definition) is 1. The number of nitrogens with one attached hydrogen (secondary N) is 1. The fourth-order valence-corrected chi connectivity index (χ4v) is 3.18. The van der Waals surface area contributed by atoms with Crippen LogP contribution in [0.2, 0.25) is 0 Å². The molecule has 0 bridgehead atoms. The molecule has 3 aromatic rings. The van der Waals surface area contributed by atoms with Crippen molar-refractivity contribution >= 4 is 27.5 Å². The van der Waals surface area contributed by atoms with Gasteiger partial charge in [0.05, 0.1) is 21.6 Å². The monoisotopic (exact) mass is 314 g/mol. The van der Waals surface area contributed by atoms with E-state index in [1.54, 1.807) is 29.5 Å². The molecule has 0 spiro atoms. The van der Waals surface area contributed by atoms with Crippen LogP contribution in [0.15, 0.2) is 48.5 Å². The molecule has 1 N–H and O–H groups in total. The van der Waals surface area contributed by atoms with Gasteiger partial charge in [-0.05, 0) is 23.8 Å². The first-order valence-electron chi connectivity index (χ1n) is 7.07. The predicted molar refractivity (Wildman–Crippen MR) is 86.4 cm³/mol. The van der Waals surface area contributed by atoms with Gasteiger partial charge in [-0.1, -0.05) is 30.3 Å². The van der Waals surface area contributed by atoms with Gasteiger partial charge in [0.25, 0.3) is 0 Å². The number of para-hydroxylation sites is 1. The SMILES string of the molecule is O=C(Cc1ccccc1F)NCCc1nc2ccccc2s1. The van der Waals surface area contributed by atoms with Crippen LogP contribution in [0.1, 0.15) is 10.6 Å². The van der Waals surface area contributed by atoms with Crippen LogP contribution in [0.5, 0.6) is 0 Å². The predicted octanol–water partition coefficient (Wildman–Crippen LogP) is 3.34. The number of rotatable bonds is 5. The Bertz CT molecular complexity index is 767. The third-order valence-electron chi connectivity index (χ3n) is 3.31. The number of carbonyl (C=O) groups excluding carboxylic acids is 1. The molecule has 0 saturated heterocycles. The summed E-state index contributed by atoms with van der Waals surface area (Å²) in [5, 5.41) is 3.81. The van der Waals surface area contributed by atoms with E-state index in [2.05, 4.69) is 10.3 Å². The third kappa shape index (κ3) is 3.49. The van der Waals surface area contributed by atoms with E-state index in [0.717, 1.165) is 15.2 Å². The lowest BCUT2D eigenvalue weighted by Gasteiger charge is -2.04. The maximum Gasteiger partial charge on any atom is 0.224 e. The Kier molecular flexibility index (Phi) is 4.44. The molecule has 0 unspecified atom stereocenters. The van der Waals surface area contributed by atoms with Crippen molar-refractivity contribution in [3.8, 4) is 0 Å². The van der Waals surface area contributed by atoms with Crippen molar-refractivity contribution in [3.63, 3.8) is 0 Å². The Balaban J connectivity index is 1.52. The number of carbonyl (C=O) groups is 1. The number of hydrogen-bond acceptors (Lipinski definition) is 3. The second-order valence-corrected chi connectivity index (χ2v) is 6.06. The summed E-state index contributed by atoms with van der Waals surface area (Å²) in [5.41, 5.74) is 1.40. The van der Waals surface area contributed by atoms with Gasteiger partial charge in [0.2, 0.25) is 5.91 Å². The minimum absolute atomic E-state index is 0.0620.